The molecular formula is C24H26F3N5O3. The van der Waals surface area contributed by atoms with Crippen molar-refractivity contribution in [2.45, 2.75) is 13.1 Å². The third kappa shape index (κ3) is 7.31. The summed E-state index contributed by atoms with van der Waals surface area (Å²) >= 11 is 0. The molecule has 2 aromatic heterocycles. The van der Waals surface area contributed by atoms with Gasteiger partial charge in [0.25, 0.3) is 5.97 Å². The minimum atomic E-state index is -4.53. The maximum Gasteiger partial charge on any atom is 0.433 e. The lowest BCUT2D eigenvalue weighted by atomic mass is 10.1. The van der Waals surface area contributed by atoms with Crippen LogP contribution in [0.2, 0.25) is 0 Å². The highest BCUT2D eigenvalue weighted by Crippen LogP contribution is 2.31. The fourth-order valence-corrected chi connectivity index (χ4v) is 3.50. The van der Waals surface area contributed by atoms with Crippen molar-refractivity contribution in [3.63, 3.8) is 0 Å². The molecule has 0 bridgehead atoms. The zero-order chi connectivity index (χ0) is 25.6. The number of anilines is 2. The predicted molar refractivity (Wildman–Crippen MR) is 128 cm³/mol. The van der Waals surface area contributed by atoms with Crippen molar-refractivity contribution >= 4 is 40.4 Å². The second-order valence-corrected chi connectivity index (χ2v) is 8.02. The highest BCUT2D eigenvalue weighted by molar-refractivity contribution is 6.03. The molecule has 11 heteroatoms. The Labute approximate surface area is 200 Å². The normalized spacial score (nSPS) is 14.6. The highest BCUT2D eigenvalue weighted by atomic mass is 19.4. The van der Waals surface area contributed by atoms with Crippen molar-refractivity contribution in [3.8, 4) is 0 Å². The van der Waals surface area contributed by atoms with Crippen LogP contribution in [0, 0.1) is 0 Å². The van der Waals surface area contributed by atoms with E-state index in [4.69, 9.17) is 9.90 Å². The van der Waals surface area contributed by atoms with E-state index < -0.39 is 17.8 Å². The topological polar surface area (TPSA) is 102 Å². The molecule has 8 nitrogen and oxygen atoms in total. The molecule has 0 radical (unpaired) electrons. The number of nitrogens with zero attached hydrogens (tertiary/aromatic N) is 3. The van der Waals surface area contributed by atoms with E-state index in [2.05, 4.69) is 20.2 Å². The van der Waals surface area contributed by atoms with Gasteiger partial charge in [0.2, 0.25) is 5.91 Å². The number of amides is 1. The molecule has 0 atom stereocenters. The molecule has 1 fully saturated rings. The van der Waals surface area contributed by atoms with Crippen LogP contribution in [0.15, 0.2) is 48.7 Å². The van der Waals surface area contributed by atoms with Crippen LogP contribution >= 0.6 is 0 Å². The van der Waals surface area contributed by atoms with Gasteiger partial charge in [-0.05, 0) is 49.5 Å². The molecule has 186 valence electrons. The summed E-state index contributed by atoms with van der Waals surface area (Å²) in [6.07, 6.45) is 0.0988. The summed E-state index contributed by atoms with van der Waals surface area (Å²) < 4.78 is 39.6. The number of carboxylic acids is 1. The molecule has 3 heterocycles. The van der Waals surface area contributed by atoms with Gasteiger partial charge in [-0.2, -0.15) is 13.2 Å². The number of aromatic amines is 1. The van der Waals surface area contributed by atoms with Crippen molar-refractivity contribution < 1.29 is 27.9 Å². The number of aliphatic carboxylic acids is 1. The van der Waals surface area contributed by atoms with E-state index in [0.29, 0.717) is 24.3 Å². The first-order valence-electron chi connectivity index (χ1n) is 10.8. The molecule has 0 saturated carbocycles. The maximum atomic E-state index is 13.2. The minimum absolute atomic E-state index is 0.237. The van der Waals surface area contributed by atoms with E-state index in [1.165, 1.54) is 18.2 Å². The van der Waals surface area contributed by atoms with Gasteiger partial charge < -0.3 is 25.2 Å². The van der Waals surface area contributed by atoms with Gasteiger partial charge in [-0.25, -0.2) is 4.98 Å². The standard InChI is InChI=1S/C22H22F3N5O.C2H4O2/c1-29-10-12-30(13-11-29)21-15(2-6-19(28-21)22(23,24)25)3-7-20(31)27-17-4-5-18-16(14-17)8-9-26-18;1-2(3)4/h2-9,14,26H,10-13H2,1H3,(H,27,31);1H3,(H,3,4)/b7-3+;. The summed E-state index contributed by atoms with van der Waals surface area (Å²) in [5.41, 5.74) is 1.12. The fourth-order valence-electron chi connectivity index (χ4n) is 3.50. The summed E-state index contributed by atoms with van der Waals surface area (Å²) in [6, 6.07) is 9.68. The summed E-state index contributed by atoms with van der Waals surface area (Å²) in [4.78, 5) is 32.3. The number of carboxylic acid groups (broad SMARTS) is 1. The molecule has 1 saturated heterocycles. The van der Waals surface area contributed by atoms with E-state index in [0.717, 1.165) is 37.0 Å². The molecule has 0 unspecified atom stereocenters. The van der Waals surface area contributed by atoms with Crippen LogP contribution in [-0.2, 0) is 15.8 Å². The van der Waals surface area contributed by atoms with E-state index in [1.54, 1.807) is 6.07 Å². The molecule has 1 aliphatic heterocycles. The van der Waals surface area contributed by atoms with Gasteiger partial charge in [-0.1, -0.05) is 0 Å². The molecule has 1 aliphatic rings. The maximum absolute atomic E-state index is 13.2. The van der Waals surface area contributed by atoms with Gasteiger partial charge in [-0.3, -0.25) is 9.59 Å². The monoisotopic (exact) mass is 489 g/mol. The number of hydrogen-bond donors (Lipinski definition) is 3. The Balaban J connectivity index is 0.000000795. The van der Waals surface area contributed by atoms with Gasteiger partial charge in [0.1, 0.15) is 11.5 Å². The zero-order valence-corrected chi connectivity index (χ0v) is 19.3. The fraction of sp³-hybridized carbons (Fsp3) is 0.292. The first-order valence-corrected chi connectivity index (χ1v) is 10.8. The number of H-pyrrole nitrogens is 1. The number of alkyl halides is 3. The summed E-state index contributed by atoms with van der Waals surface area (Å²) in [7, 11) is 1.97. The molecule has 0 aliphatic carbocycles. The average molecular weight is 489 g/mol. The second kappa shape index (κ2) is 11.0. The SMILES string of the molecule is CC(=O)O.CN1CCN(c2nc(C(F)(F)F)ccc2/C=C/C(=O)Nc2ccc3[nH]ccc3c2)CC1. The van der Waals surface area contributed by atoms with Crippen molar-refractivity contribution in [1.82, 2.24) is 14.9 Å². The van der Waals surface area contributed by atoms with Gasteiger partial charge in [-0.15, -0.1) is 0 Å². The quantitative estimate of drug-likeness (QED) is 0.478. The Bertz CT molecular complexity index is 1210. The summed E-state index contributed by atoms with van der Waals surface area (Å²) in [5.74, 6) is -0.972. The molecule has 3 aromatic rings. The summed E-state index contributed by atoms with van der Waals surface area (Å²) in [6.45, 7) is 3.66. The van der Waals surface area contributed by atoms with E-state index in [-0.39, 0.29) is 11.7 Å². The van der Waals surface area contributed by atoms with Crippen molar-refractivity contribution in [3.05, 3.63) is 59.9 Å². The average Bonchev–Trinajstić information content (AvgIpc) is 3.25. The number of nitrogens with one attached hydrogen (secondary N) is 2. The third-order valence-corrected chi connectivity index (χ3v) is 5.23. The van der Waals surface area contributed by atoms with Gasteiger partial charge in [0, 0.05) is 67.5 Å². The number of likely N-dealkylation sites (N-methyl/N-ethyl adjacent to an activating group) is 1. The lowest BCUT2D eigenvalue weighted by Gasteiger charge is -2.34. The Kier molecular flexibility index (Phi) is 8.13. The number of pyridine rings is 1. The number of piperazine rings is 1. The van der Waals surface area contributed by atoms with E-state index in [1.807, 2.05) is 36.3 Å². The number of benzene rings is 1. The smallest absolute Gasteiger partial charge is 0.433 e. The van der Waals surface area contributed by atoms with Crippen molar-refractivity contribution in [1.29, 1.82) is 0 Å². The lowest BCUT2D eigenvalue weighted by molar-refractivity contribution is -0.141. The van der Waals surface area contributed by atoms with Crippen LogP contribution in [0.4, 0.5) is 24.7 Å². The number of fused-ring (bicyclic) bond motifs is 1. The third-order valence-electron chi connectivity index (χ3n) is 5.23. The molecule has 4 rings (SSSR count). The highest BCUT2D eigenvalue weighted by Gasteiger charge is 2.33. The van der Waals surface area contributed by atoms with Crippen LogP contribution in [0.5, 0.6) is 0 Å². The van der Waals surface area contributed by atoms with Crippen molar-refractivity contribution in [2.75, 3.05) is 43.4 Å². The Morgan fingerprint density at radius 2 is 1.80 bits per heavy atom. The first-order chi connectivity index (χ1) is 16.5. The molecule has 3 N–H and O–H groups in total. The molecular weight excluding hydrogens is 463 g/mol. The van der Waals surface area contributed by atoms with Gasteiger partial charge in [0.05, 0.1) is 0 Å². The summed E-state index contributed by atoms with van der Waals surface area (Å²) in [5, 5.41) is 11.2. The molecule has 1 aromatic carbocycles. The van der Waals surface area contributed by atoms with Gasteiger partial charge in [0.15, 0.2) is 0 Å². The lowest BCUT2D eigenvalue weighted by Crippen LogP contribution is -2.45. The number of rotatable bonds is 4. The number of carbonyl (C=O) groups is 2. The molecule has 0 spiro atoms. The predicted octanol–water partition coefficient (Wildman–Crippen LogP) is 4.08. The van der Waals surface area contributed by atoms with E-state index >= 15 is 0 Å². The van der Waals surface area contributed by atoms with Crippen LogP contribution < -0.4 is 10.2 Å². The largest absolute Gasteiger partial charge is 0.481 e. The number of aromatic nitrogens is 2. The van der Waals surface area contributed by atoms with Gasteiger partial charge >= 0.3 is 6.18 Å². The molecule has 35 heavy (non-hydrogen) atoms. The van der Waals surface area contributed by atoms with Crippen LogP contribution in [0.1, 0.15) is 18.2 Å². The second-order valence-electron chi connectivity index (χ2n) is 8.02. The number of halogens is 3. The minimum Gasteiger partial charge on any atom is -0.481 e. The zero-order valence-electron chi connectivity index (χ0n) is 19.3. The van der Waals surface area contributed by atoms with Crippen LogP contribution in [0.3, 0.4) is 0 Å². The first kappa shape index (κ1) is 25.8. The van der Waals surface area contributed by atoms with Crippen molar-refractivity contribution in [2.24, 2.45) is 0 Å². The van der Waals surface area contributed by atoms with E-state index in [9.17, 15) is 18.0 Å². The molecule has 1 amide bonds. The Morgan fingerprint density at radius 1 is 1.11 bits per heavy atom. The van der Waals surface area contributed by atoms with Crippen LogP contribution in [0.25, 0.3) is 17.0 Å². The van der Waals surface area contributed by atoms with Crippen LogP contribution in [-0.4, -0.2) is 65.1 Å². The number of hydrogen-bond acceptors (Lipinski definition) is 5. The Hall–Kier alpha value is -3.86. The number of carbonyl (C=O) groups excluding carboxylic acids is 1. The Morgan fingerprint density at radius 3 is 2.46 bits per heavy atom.